The first-order chi connectivity index (χ1) is 5.49. The highest BCUT2D eigenvalue weighted by Gasteiger charge is 2.24. The van der Waals surface area contributed by atoms with Gasteiger partial charge in [0.1, 0.15) is 5.92 Å². The molecule has 0 aromatic rings. The summed E-state index contributed by atoms with van der Waals surface area (Å²) in [6.07, 6.45) is 0.384. The van der Waals surface area contributed by atoms with E-state index in [9.17, 15) is 14.4 Å². The third kappa shape index (κ3) is 5.84. The third-order valence-electron chi connectivity index (χ3n) is 1.22. The van der Waals surface area contributed by atoms with Crippen molar-refractivity contribution in [2.75, 3.05) is 0 Å². The molecule has 0 bridgehead atoms. The molecule has 0 aromatic heterocycles. The number of thiol groups is 1. The van der Waals surface area contributed by atoms with Crippen LogP contribution >= 0.6 is 12.6 Å². The zero-order valence-electron chi connectivity index (χ0n) is 6.90. The predicted molar refractivity (Wildman–Crippen MR) is 50.7 cm³/mol. The molecule has 1 atom stereocenters. The number of carboxylic acids is 1. The molecule has 1 N–H and O–H groups in total. The largest absolute Gasteiger partial charge is 0.481 e. The number of hydrogen-bond acceptors (Lipinski definition) is 3. The lowest BCUT2D eigenvalue weighted by Gasteiger charge is -2.04. The molecule has 6 heteroatoms. The fourth-order valence-corrected chi connectivity index (χ4v) is 0.845. The molecule has 0 heterocycles. The summed E-state index contributed by atoms with van der Waals surface area (Å²) in [5, 5.41) is 7.56. The van der Waals surface area contributed by atoms with Gasteiger partial charge in [0.25, 0.3) is 0 Å². The van der Waals surface area contributed by atoms with Gasteiger partial charge >= 0.3 is 5.97 Å². The molecule has 0 rings (SSSR count). The van der Waals surface area contributed by atoms with Gasteiger partial charge in [-0.05, 0) is 6.08 Å². The molecule has 0 aliphatic carbocycles. The maximum absolute atomic E-state index is 10.8. The monoisotopic (exact) mass is 212 g/mol. The minimum Gasteiger partial charge on any atom is -0.481 e. The number of hydrogen-bond donors (Lipinski definition) is 2. The van der Waals surface area contributed by atoms with Crippen LogP contribution in [0.2, 0.25) is 0 Å². The quantitative estimate of drug-likeness (QED) is 0.289. The van der Waals surface area contributed by atoms with E-state index in [1.807, 2.05) is 0 Å². The summed E-state index contributed by atoms with van der Waals surface area (Å²) in [6, 6.07) is 0. The van der Waals surface area contributed by atoms with Gasteiger partial charge in [-0.25, -0.2) is 0 Å². The molecule has 68 valence electrons. The first kappa shape index (κ1) is 15.2. The molecule has 0 fully saturated rings. The van der Waals surface area contributed by atoms with Gasteiger partial charge in [0.05, 0.1) is 6.42 Å². The van der Waals surface area contributed by atoms with Crippen LogP contribution in [0.5, 0.6) is 0 Å². The maximum atomic E-state index is 10.8. The number of carbonyl (C=O) groups is 3. The van der Waals surface area contributed by atoms with E-state index in [0.29, 0.717) is 0 Å². The molecule has 0 saturated heterocycles. The second-order valence-corrected chi connectivity index (χ2v) is 2.54. The maximum Gasteiger partial charge on any atom is 0.304 e. The smallest absolute Gasteiger partial charge is 0.304 e. The summed E-state index contributed by atoms with van der Waals surface area (Å²) in [5.74, 6) is -3.03. The van der Waals surface area contributed by atoms with Crippen molar-refractivity contribution >= 4 is 52.5 Å². The van der Waals surface area contributed by atoms with E-state index in [1.54, 1.807) is 0 Å². The zero-order chi connectivity index (χ0) is 9.72. The standard InChI is InChI=1S/C7H8O4S.Mg/c1-2-5(8)4(7(11)12)3-6(9)10;/h2,4H,1,3H2,(H,9,10)(H,11,12);. The Morgan fingerprint density at radius 3 is 2.15 bits per heavy atom. The van der Waals surface area contributed by atoms with E-state index in [1.165, 1.54) is 0 Å². The van der Waals surface area contributed by atoms with E-state index >= 15 is 0 Å². The molecule has 13 heavy (non-hydrogen) atoms. The van der Waals surface area contributed by atoms with Crippen molar-refractivity contribution in [1.29, 1.82) is 0 Å². The third-order valence-corrected chi connectivity index (χ3v) is 1.53. The number of ketones is 1. The van der Waals surface area contributed by atoms with Crippen LogP contribution in [0.4, 0.5) is 0 Å². The Morgan fingerprint density at radius 2 is 1.92 bits per heavy atom. The molecule has 0 spiro atoms. The van der Waals surface area contributed by atoms with Gasteiger partial charge in [-0.15, -0.1) is 12.6 Å². The zero-order valence-corrected chi connectivity index (χ0v) is 9.20. The van der Waals surface area contributed by atoms with Crippen molar-refractivity contribution in [1.82, 2.24) is 0 Å². The lowest BCUT2D eigenvalue weighted by atomic mass is 10.0. The molecule has 2 radical (unpaired) electrons. The molecular formula is C7H8MgO4S. The number of allylic oxidation sites excluding steroid dienone is 1. The summed E-state index contributed by atoms with van der Waals surface area (Å²) < 4.78 is 0. The Labute approximate surface area is 96.9 Å². The molecule has 0 aliphatic heterocycles. The fourth-order valence-electron chi connectivity index (χ4n) is 0.626. The summed E-state index contributed by atoms with van der Waals surface area (Å²) in [5.41, 5.74) is 0. The SMILES string of the molecule is C=CC(=O)C(CC(=O)O)C(=O)S.[Mg]. The minimum atomic E-state index is -1.21. The van der Waals surface area contributed by atoms with Crippen molar-refractivity contribution in [3.63, 3.8) is 0 Å². The van der Waals surface area contributed by atoms with Crippen LogP contribution in [0.3, 0.4) is 0 Å². The van der Waals surface area contributed by atoms with E-state index in [2.05, 4.69) is 19.2 Å². The highest BCUT2D eigenvalue weighted by atomic mass is 32.1. The Balaban J connectivity index is 0. The number of rotatable bonds is 5. The first-order valence-electron chi connectivity index (χ1n) is 3.10. The van der Waals surface area contributed by atoms with Crippen molar-refractivity contribution in [2.45, 2.75) is 6.42 Å². The van der Waals surface area contributed by atoms with Gasteiger partial charge in [0.2, 0.25) is 0 Å². The van der Waals surface area contributed by atoms with Gasteiger partial charge in [-0.3, -0.25) is 14.4 Å². The van der Waals surface area contributed by atoms with E-state index < -0.39 is 29.2 Å². The highest BCUT2D eigenvalue weighted by molar-refractivity contribution is 7.96. The predicted octanol–water partition coefficient (Wildman–Crippen LogP) is -0.0920. The van der Waals surface area contributed by atoms with Crippen LogP contribution in [0, 0.1) is 5.92 Å². The van der Waals surface area contributed by atoms with Gasteiger partial charge in [0.15, 0.2) is 10.9 Å². The molecule has 0 aromatic carbocycles. The summed E-state index contributed by atoms with van der Waals surface area (Å²) in [6.45, 7) is 3.14. The Bertz CT molecular complexity index is 239. The van der Waals surface area contributed by atoms with Crippen LogP contribution in [0.25, 0.3) is 0 Å². The van der Waals surface area contributed by atoms with E-state index in [0.717, 1.165) is 6.08 Å². The van der Waals surface area contributed by atoms with E-state index in [-0.39, 0.29) is 23.1 Å². The van der Waals surface area contributed by atoms with Gasteiger partial charge in [-0.2, -0.15) is 0 Å². The van der Waals surface area contributed by atoms with Crippen LogP contribution in [0.15, 0.2) is 12.7 Å². The second-order valence-electron chi connectivity index (χ2n) is 2.10. The number of aliphatic carboxylic acids is 1. The van der Waals surface area contributed by atoms with Gasteiger partial charge in [-0.1, -0.05) is 6.58 Å². The minimum absolute atomic E-state index is 0. The van der Waals surface area contributed by atoms with Crippen LogP contribution in [0.1, 0.15) is 6.42 Å². The van der Waals surface area contributed by atoms with Crippen molar-refractivity contribution in [3.05, 3.63) is 12.7 Å². The lowest BCUT2D eigenvalue weighted by Crippen LogP contribution is -2.21. The first-order valence-corrected chi connectivity index (χ1v) is 3.54. The average Bonchev–Trinajstić information content (AvgIpc) is 1.98. The van der Waals surface area contributed by atoms with Crippen molar-refractivity contribution in [2.24, 2.45) is 5.92 Å². The summed E-state index contributed by atoms with van der Waals surface area (Å²) >= 11 is 3.39. The Hall–Kier alpha value is -0.334. The molecule has 0 amide bonds. The molecule has 4 nitrogen and oxygen atoms in total. The second kappa shape index (κ2) is 7.11. The van der Waals surface area contributed by atoms with Crippen molar-refractivity contribution in [3.8, 4) is 0 Å². The summed E-state index contributed by atoms with van der Waals surface area (Å²) in [7, 11) is 0. The van der Waals surface area contributed by atoms with Crippen LogP contribution in [-0.2, 0) is 14.4 Å². The fraction of sp³-hybridized carbons (Fsp3) is 0.286. The molecular weight excluding hydrogens is 204 g/mol. The number of carbonyl (C=O) groups excluding carboxylic acids is 2. The molecule has 1 unspecified atom stereocenters. The highest BCUT2D eigenvalue weighted by Crippen LogP contribution is 2.09. The normalized spacial score (nSPS) is 10.8. The lowest BCUT2D eigenvalue weighted by molar-refractivity contribution is -0.141. The molecule has 0 aliphatic rings. The topological polar surface area (TPSA) is 71.4 Å². The van der Waals surface area contributed by atoms with Gasteiger partial charge in [0, 0.05) is 23.1 Å². The van der Waals surface area contributed by atoms with Gasteiger partial charge < -0.3 is 5.11 Å². The van der Waals surface area contributed by atoms with Crippen LogP contribution < -0.4 is 0 Å². The average molecular weight is 213 g/mol. The Morgan fingerprint density at radius 1 is 1.46 bits per heavy atom. The van der Waals surface area contributed by atoms with Crippen LogP contribution in [-0.4, -0.2) is 45.0 Å². The Kier molecular flexibility index (Phi) is 8.28. The summed E-state index contributed by atoms with van der Waals surface area (Å²) in [4.78, 5) is 31.6. The molecule has 0 saturated carbocycles. The number of carboxylic acid groups (broad SMARTS) is 1. The van der Waals surface area contributed by atoms with E-state index in [4.69, 9.17) is 5.11 Å². The van der Waals surface area contributed by atoms with Crippen molar-refractivity contribution < 1.29 is 19.5 Å².